The number of anilines is 2. The number of benzene rings is 2. The first-order chi connectivity index (χ1) is 12.0. The second-order valence-electron chi connectivity index (χ2n) is 5.64. The van der Waals surface area contributed by atoms with Crippen LogP contribution in [-0.2, 0) is 4.79 Å². The Morgan fingerprint density at radius 1 is 1.08 bits per heavy atom. The Kier molecular flexibility index (Phi) is 6.54. The number of para-hydroxylation sites is 1. The van der Waals surface area contributed by atoms with E-state index >= 15 is 0 Å². The molecule has 4 N–H and O–H groups in total. The number of hydrogen-bond donors (Lipinski definition) is 3. The van der Waals surface area contributed by atoms with Gasteiger partial charge in [0.1, 0.15) is 5.75 Å². The second kappa shape index (κ2) is 8.84. The lowest BCUT2D eigenvalue weighted by Crippen LogP contribution is -2.18. The number of nitrogens with two attached hydrogens (primary N) is 1. The highest BCUT2D eigenvalue weighted by molar-refractivity contribution is 6.08. The molecule has 0 heterocycles. The minimum atomic E-state index is -0.307. The monoisotopic (exact) mass is 341 g/mol. The minimum absolute atomic E-state index is 0.135. The van der Waals surface area contributed by atoms with E-state index in [1.54, 1.807) is 30.3 Å². The summed E-state index contributed by atoms with van der Waals surface area (Å²) in [6, 6.07) is 12.4. The molecule has 2 aromatic rings. The molecule has 0 aromatic heterocycles. The zero-order valence-electron chi connectivity index (χ0n) is 14.5. The summed E-state index contributed by atoms with van der Waals surface area (Å²) >= 11 is 0. The van der Waals surface area contributed by atoms with Crippen molar-refractivity contribution in [3.8, 4) is 5.75 Å². The van der Waals surface area contributed by atoms with E-state index in [-0.39, 0.29) is 11.8 Å². The van der Waals surface area contributed by atoms with E-state index in [4.69, 9.17) is 10.5 Å². The van der Waals surface area contributed by atoms with Crippen LogP contribution in [0.15, 0.2) is 42.5 Å². The Morgan fingerprint density at radius 2 is 1.84 bits per heavy atom. The lowest BCUT2D eigenvalue weighted by Gasteiger charge is -2.14. The van der Waals surface area contributed by atoms with Gasteiger partial charge in [0.2, 0.25) is 5.91 Å². The van der Waals surface area contributed by atoms with Crippen molar-refractivity contribution in [2.75, 3.05) is 24.3 Å². The highest BCUT2D eigenvalue weighted by atomic mass is 16.5. The zero-order chi connectivity index (χ0) is 18.2. The first-order valence-electron chi connectivity index (χ1n) is 8.10. The lowest BCUT2D eigenvalue weighted by molar-refractivity contribution is -0.116. The fraction of sp³-hybridized carbons (Fsp3) is 0.263. The fourth-order valence-electron chi connectivity index (χ4n) is 2.37. The molecule has 6 heteroatoms. The quantitative estimate of drug-likeness (QED) is 0.722. The normalized spacial score (nSPS) is 10.2. The molecular formula is C19H23N3O3. The third-order valence-corrected chi connectivity index (χ3v) is 3.66. The molecule has 0 aliphatic carbocycles. The Labute approximate surface area is 147 Å². The molecule has 0 radical (unpaired) electrons. The first kappa shape index (κ1) is 18.5. The number of carbonyl (C=O) groups is 2. The third kappa shape index (κ3) is 5.06. The summed E-state index contributed by atoms with van der Waals surface area (Å²) in [5, 5.41) is 5.66. The molecule has 0 unspecified atom stereocenters. The number of aryl methyl sites for hydroxylation is 1. The number of hydrogen-bond acceptors (Lipinski definition) is 4. The summed E-state index contributed by atoms with van der Waals surface area (Å²) < 4.78 is 5.22. The molecule has 132 valence electrons. The van der Waals surface area contributed by atoms with Crippen LogP contribution >= 0.6 is 0 Å². The zero-order valence-corrected chi connectivity index (χ0v) is 14.5. The van der Waals surface area contributed by atoms with Crippen LogP contribution in [0.4, 0.5) is 11.4 Å². The molecule has 0 spiro atoms. The van der Waals surface area contributed by atoms with Crippen LogP contribution in [0.25, 0.3) is 0 Å². The fourth-order valence-corrected chi connectivity index (χ4v) is 2.37. The van der Waals surface area contributed by atoms with Crippen LogP contribution in [0.2, 0.25) is 0 Å². The van der Waals surface area contributed by atoms with Crippen LogP contribution in [0, 0.1) is 6.92 Å². The van der Waals surface area contributed by atoms with E-state index in [0.717, 1.165) is 5.56 Å². The number of rotatable bonds is 7. The molecule has 0 saturated heterocycles. The lowest BCUT2D eigenvalue weighted by atomic mass is 10.1. The van der Waals surface area contributed by atoms with Crippen molar-refractivity contribution >= 4 is 23.2 Å². The van der Waals surface area contributed by atoms with Gasteiger partial charge in [-0.2, -0.15) is 0 Å². The Bertz CT molecular complexity index is 759. The van der Waals surface area contributed by atoms with Gasteiger partial charge in [0.15, 0.2) is 0 Å². The summed E-state index contributed by atoms with van der Waals surface area (Å²) in [4.78, 5) is 24.6. The van der Waals surface area contributed by atoms with E-state index in [1.165, 1.54) is 7.11 Å². The third-order valence-electron chi connectivity index (χ3n) is 3.66. The van der Waals surface area contributed by atoms with E-state index in [9.17, 15) is 9.59 Å². The number of methoxy groups -OCH3 is 1. The number of nitrogens with one attached hydrogen (secondary N) is 2. The molecule has 0 aliphatic heterocycles. The SMILES string of the molecule is COc1ccccc1C(=O)Nc1ccc(C)cc1NC(=O)CCCN. The van der Waals surface area contributed by atoms with Crippen molar-refractivity contribution in [1.29, 1.82) is 0 Å². The standard InChI is InChI=1S/C19H23N3O3/c1-13-9-10-15(16(12-13)21-18(23)8-5-11-20)22-19(24)14-6-3-4-7-17(14)25-2/h3-4,6-7,9-10,12H,5,8,11,20H2,1-2H3,(H,21,23)(H,22,24). The van der Waals surface area contributed by atoms with Crippen molar-refractivity contribution in [1.82, 2.24) is 0 Å². The van der Waals surface area contributed by atoms with Crippen LogP contribution in [-0.4, -0.2) is 25.5 Å². The molecule has 0 aliphatic rings. The first-order valence-corrected chi connectivity index (χ1v) is 8.10. The van der Waals surface area contributed by atoms with Gasteiger partial charge >= 0.3 is 0 Å². The molecule has 0 fully saturated rings. The largest absolute Gasteiger partial charge is 0.496 e. The van der Waals surface area contributed by atoms with Gasteiger partial charge < -0.3 is 21.1 Å². The molecule has 25 heavy (non-hydrogen) atoms. The Hall–Kier alpha value is -2.86. The summed E-state index contributed by atoms with van der Waals surface area (Å²) in [6.07, 6.45) is 0.949. The molecule has 0 bridgehead atoms. The van der Waals surface area contributed by atoms with Crippen LogP contribution < -0.4 is 21.1 Å². The highest BCUT2D eigenvalue weighted by Crippen LogP contribution is 2.26. The van der Waals surface area contributed by atoms with Gasteiger partial charge in [0.05, 0.1) is 24.0 Å². The van der Waals surface area contributed by atoms with Crippen molar-refractivity contribution < 1.29 is 14.3 Å². The maximum atomic E-state index is 12.6. The topological polar surface area (TPSA) is 93.5 Å². The Morgan fingerprint density at radius 3 is 2.56 bits per heavy atom. The second-order valence-corrected chi connectivity index (χ2v) is 5.64. The number of amides is 2. The number of carbonyl (C=O) groups excluding carboxylic acids is 2. The molecule has 0 saturated carbocycles. The smallest absolute Gasteiger partial charge is 0.259 e. The van der Waals surface area contributed by atoms with Gasteiger partial charge in [-0.1, -0.05) is 18.2 Å². The van der Waals surface area contributed by atoms with Crippen molar-refractivity contribution in [2.45, 2.75) is 19.8 Å². The maximum Gasteiger partial charge on any atom is 0.259 e. The average Bonchev–Trinajstić information content (AvgIpc) is 2.62. The Balaban J connectivity index is 2.21. The van der Waals surface area contributed by atoms with E-state index in [2.05, 4.69) is 10.6 Å². The van der Waals surface area contributed by atoms with Gasteiger partial charge in [-0.15, -0.1) is 0 Å². The number of ether oxygens (including phenoxy) is 1. The van der Waals surface area contributed by atoms with Gasteiger partial charge in [-0.3, -0.25) is 9.59 Å². The van der Waals surface area contributed by atoms with Crippen LogP contribution in [0.1, 0.15) is 28.8 Å². The minimum Gasteiger partial charge on any atom is -0.496 e. The van der Waals surface area contributed by atoms with E-state index in [1.807, 2.05) is 19.1 Å². The molecule has 2 aromatic carbocycles. The predicted octanol–water partition coefficient (Wildman–Crippen LogP) is 2.93. The molecule has 2 amide bonds. The van der Waals surface area contributed by atoms with E-state index < -0.39 is 0 Å². The van der Waals surface area contributed by atoms with Gasteiger partial charge in [-0.05, 0) is 49.7 Å². The molecular weight excluding hydrogens is 318 g/mol. The van der Waals surface area contributed by atoms with Gasteiger partial charge in [0.25, 0.3) is 5.91 Å². The average molecular weight is 341 g/mol. The maximum absolute atomic E-state index is 12.6. The van der Waals surface area contributed by atoms with Crippen molar-refractivity contribution in [3.63, 3.8) is 0 Å². The summed E-state index contributed by atoms with van der Waals surface area (Å²) in [5.41, 5.74) is 7.92. The predicted molar refractivity (Wildman–Crippen MR) is 99.0 cm³/mol. The summed E-state index contributed by atoms with van der Waals surface area (Å²) in [5.74, 6) is 0.0447. The summed E-state index contributed by atoms with van der Waals surface area (Å²) in [6.45, 7) is 2.37. The molecule has 2 rings (SSSR count). The molecule has 6 nitrogen and oxygen atoms in total. The van der Waals surface area contributed by atoms with Crippen LogP contribution in [0.3, 0.4) is 0 Å². The summed E-state index contributed by atoms with van der Waals surface area (Å²) in [7, 11) is 1.51. The van der Waals surface area contributed by atoms with Gasteiger partial charge in [-0.25, -0.2) is 0 Å². The highest BCUT2D eigenvalue weighted by Gasteiger charge is 2.14. The van der Waals surface area contributed by atoms with Crippen molar-refractivity contribution in [2.24, 2.45) is 5.73 Å². The molecule has 0 atom stereocenters. The van der Waals surface area contributed by atoms with Crippen molar-refractivity contribution in [3.05, 3.63) is 53.6 Å². The van der Waals surface area contributed by atoms with Gasteiger partial charge in [0, 0.05) is 6.42 Å². The van der Waals surface area contributed by atoms with E-state index in [0.29, 0.717) is 42.1 Å². The van der Waals surface area contributed by atoms with Crippen LogP contribution in [0.5, 0.6) is 5.75 Å².